The Morgan fingerprint density at radius 1 is 1.32 bits per heavy atom. The number of nitro groups is 1. The van der Waals surface area contributed by atoms with Crippen molar-refractivity contribution >= 4 is 11.6 Å². The van der Waals surface area contributed by atoms with Crippen molar-refractivity contribution in [1.29, 1.82) is 0 Å². The van der Waals surface area contributed by atoms with E-state index in [2.05, 4.69) is 15.3 Å². The Kier molecular flexibility index (Phi) is 5.58. The van der Waals surface area contributed by atoms with Crippen molar-refractivity contribution in [3.63, 3.8) is 0 Å². The minimum Gasteiger partial charge on any atom is -0.493 e. The van der Waals surface area contributed by atoms with Crippen LogP contribution in [0.25, 0.3) is 0 Å². The topological polar surface area (TPSA) is 119 Å². The summed E-state index contributed by atoms with van der Waals surface area (Å²) in [6.07, 6.45) is 1.62. The molecular weight excluding hydrogens is 328 g/mol. The highest BCUT2D eigenvalue weighted by atomic mass is 16.6. The fraction of sp³-hybridized carbons (Fsp3) is 0.375. The molecule has 9 nitrogen and oxygen atoms in total. The zero-order valence-corrected chi connectivity index (χ0v) is 14.5. The minimum absolute atomic E-state index is 0.105. The molecule has 0 spiro atoms. The molecule has 1 heterocycles. The van der Waals surface area contributed by atoms with Gasteiger partial charge in [-0.1, -0.05) is 13.8 Å². The van der Waals surface area contributed by atoms with E-state index in [4.69, 9.17) is 9.47 Å². The number of nitrogens with one attached hydrogen (secondary N) is 2. The van der Waals surface area contributed by atoms with Crippen LogP contribution in [-0.2, 0) is 6.54 Å². The average molecular weight is 348 g/mol. The van der Waals surface area contributed by atoms with Crippen molar-refractivity contribution in [1.82, 2.24) is 15.3 Å². The lowest BCUT2D eigenvalue weighted by molar-refractivity contribution is -0.385. The van der Waals surface area contributed by atoms with Gasteiger partial charge in [0.1, 0.15) is 11.4 Å². The third kappa shape index (κ3) is 4.06. The fourth-order valence-electron chi connectivity index (χ4n) is 2.23. The highest BCUT2D eigenvalue weighted by molar-refractivity contribution is 5.99. The van der Waals surface area contributed by atoms with Crippen LogP contribution in [0.4, 0.5) is 5.69 Å². The predicted octanol–water partition coefficient (Wildman–Crippen LogP) is 2.39. The summed E-state index contributed by atoms with van der Waals surface area (Å²) in [7, 11) is 2.76. The number of carbonyl (C=O) groups excluding carboxylic acids is 1. The van der Waals surface area contributed by atoms with E-state index in [1.165, 1.54) is 26.4 Å². The van der Waals surface area contributed by atoms with Crippen molar-refractivity contribution < 1.29 is 19.2 Å². The van der Waals surface area contributed by atoms with Gasteiger partial charge in [-0.2, -0.15) is 0 Å². The monoisotopic (exact) mass is 348 g/mol. The van der Waals surface area contributed by atoms with Crippen LogP contribution >= 0.6 is 0 Å². The van der Waals surface area contributed by atoms with E-state index in [-0.39, 0.29) is 35.2 Å². The maximum atomic E-state index is 12.4. The van der Waals surface area contributed by atoms with Crippen LogP contribution in [0, 0.1) is 10.1 Å². The number of amides is 1. The number of nitro benzene ring substituents is 1. The lowest BCUT2D eigenvalue weighted by Crippen LogP contribution is -2.24. The lowest BCUT2D eigenvalue weighted by atomic mass is 10.1. The Morgan fingerprint density at radius 2 is 1.96 bits per heavy atom. The maximum absolute atomic E-state index is 12.4. The van der Waals surface area contributed by atoms with E-state index in [1.807, 2.05) is 13.8 Å². The fourth-order valence-corrected chi connectivity index (χ4v) is 2.23. The number of hydrogen-bond donors (Lipinski definition) is 2. The van der Waals surface area contributed by atoms with Crippen LogP contribution in [-0.4, -0.2) is 35.0 Å². The molecule has 0 aliphatic rings. The van der Waals surface area contributed by atoms with Gasteiger partial charge in [-0.3, -0.25) is 14.9 Å². The summed E-state index contributed by atoms with van der Waals surface area (Å²) in [6, 6.07) is 2.46. The van der Waals surface area contributed by atoms with Crippen LogP contribution in [0.3, 0.4) is 0 Å². The summed E-state index contributed by atoms with van der Waals surface area (Å²) in [5, 5.41) is 13.9. The molecule has 1 aromatic heterocycles. The first-order chi connectivity index (χ1) is 11.9. The number of nitrogens with zero attached hydrogens (tertiary/aromatic N) is 2. The number of aromatic nitrogens is 2. The lowest BCUT2D eigenvalue weighted by Gasteiger charge is -2.10. The molecule has 0 bridgehead atoms. The smallest absolute Gasteiger partial charge is 0.286 e. The Morgan fingerprint density at radius 3 is 2.48 bits per heavy atom. The first kappa shape index (κ1) is 18.2. The zero-order valence-electron chi connectivity index (χ0n) is 14.5. The number of imidazole rings is 1. The van der Waals surface area contributed by atoms with Gasteiger partial charge >= 0.3 is 0 Å². The molecule has 25 heavy (non-hydrogen) atoms. The first-order valence-corrected chi connectivity index (χ1v) is 7.59. The van der Waals surface area contributed by atoms with Gasteiger partial charge in [0, 0.05) is 12.0 Å². The summed E-state index contributed by atoms with van der Waals surface area (Å²) in [6.45, 7) is 4.16. The normalized spacial score (nSPS) is 10.6. The summed E-state index contributed by atoms with van der Waals surface area (Å²) in [5.74, 6) is 0.869. The number of aromatic amines is 1. The van der Waals surface area contributed by atoms with Crippen molar-refractivity contribution in [2.24, 2.45) is 0 Å². The van der Waals surface area contributed by atoms with E-state index < -0.39 is 10.8 Å². The van der Waals surface area contributed by atoms with Gasteiger partial charge in [-0.25, -0.2) is 4.98 Å². The second-order valence-electron chi connectivity index (χ2n) is 5.61. The number of H-pyrrole nitrogens is 1. The standard InChI is InChI=1S/C16H20N4O5/c1-9(2)15-17-7-10(19-15)8-18-16(21)11-5-13(24-3)14(25-4)6-12(11)20(22)23/h5-7,9H,8H2,1-4H3,(H,17,19)(H,18,21). The second-order valence-corrected chi connectivity index (χ2v) is 5.61. The summed E-state index contributed by atoms with van der Waals surface area (Å²) in [4.78, 5) is 30.3. The first-order valence-electron chi connectivity index (χ1n) is 7.59. The van der Waals surface area contributed by atoms with Gasteiger partial charge in [-0.15, -0.1) is 0 Å². The minimum atomic E-state index is -0.635. The van der Waals surface area contributed by atoms with E-state index >= 15 is 0 Å². The number of hydrogen-bond acceptors (Lipinski definition) is 6. The van der Waals surface area contributed by atoms with Gasteiger partial charge in [0.15, 0.2) is 11.5 Å². The molecule has 9 heteroatoms. The quantitative estimate of drug-likeness (QED) is 0.585. The number of rotatable bonds is 7. The van der Waals surface area contributed by atoms with Crippen molar-refractivity contribution in [3.05, 3.63) is 45.5 Å². The van der Waals surface area contributed by atoms with Crippen LogP contribution in [0.15, 0.2) is 18.3 Å². The van der Waals surface area contributed by atoms with Gasteiger partial charge in [-0.05, 0) is 0 Å². The van der Waals surface area contributed by atoms with Crippen LogP contribution in [0.1, 0.15) is 41.6 Å². The second kappa shape index (κ2) is 7.65. The molecule has 0 aliphatic carbocycles. The third-order valence-electron chi connectivity index (χ3n) is 3.58. The number of benzene rings is 1. The average Bonchev–Trinajstić information content (AvgIpc) is 3.07. The molecule has 1 amide bonds. The molecule has 2 aromatic rings. The largest absolute Gasteiger partial charge is 0.493 e. The molecular formula is C16H20N4O5. The van der Waals surface area contributed by atoms with Crippen molar-refractivity contribution in [2.75, 3.05) is 14.2 Å². The predicted molar refractivity (Wildman–Crippen MR) is 90.0 cm³/mol. The molecule has 2 rings (SSSR count). The van der Waals surface area contributed by atoms with E-state index in [0.717, 1.165) is 5.82 Å². The van der Waals surface area contributed by atoms with Gasteiger partial charge in [0.25, 0.3) is 11.6 Å². The summed E-state index contributed by atoms with van der Waals surface area (Å²) >= 11 is 0. The molecule has 134 valence electrons. The summed E-state index contributed by atoms with van der Waals surface area (Å²) in [5.41, 5.74) is 0.244. The summed E-state index contributed by atoms with van der Waals surface area (Å²) < 4.78 is 10.2. The zero-order chi connectivity index (χ0) is 18.6. The molecule has 0 fully saturated rings. The molecule has 0 radical (unpaired) electrons. The molecule has 1 aromatic carbocycles. The third-order valence-corrected chi connectivity index (χ3v) is 3.58. The maximum Gasteiger partial charge on any atom is 0.286 e. The van der Waals surface area contributed by atoms with Crippen LogP contribution < -0.4 is 14.8 Å². The van der Waals surface area contributed by atoms with Gasteiger partial charge in [0.2, 0.25) is 0 Å². The number of methoxy groups -OCH3 is 2. The SMILES string of the molecule is COc1cc(C(=O)NCc2cnc(C(C)C)[nH]2)c([N+](=O)[O-])cc1OC. The van der Waals surface area contributed by atoms with Gasteiger partial charge in [0.05, 0.1) is 43.6 Å². The van der Waals surface area contributed by atoms with Gasteiger partial charge < -0.3 is 19.8 Å². The Balaban J connectivity index is 2.23. The number of carbonyl (C=O) groups is 1. The molecule has 0 aliphatic heterocycles. The molecule has 0 atom stereocenters. The van der Waals surface area contributed by atoms with Crippen molar-refractivity contribution in [3.8, 4) is 11.5 Å². The highest BCUT2D eigenvalue weighted by Gasteiger charge is 2.24. The molecule has 2 N–H and O–H groups in total. The van der Waals surface area contributed by atoms with E-state index in [9.17, 15) is 14.9 Å². The van der Waals surface area contributed by atoms with Crippen LogP contribution in [0.2, 0.25) is 0 Å². The van der Waals surface area contributed by atoms with E-state index in [1.54, 1.807) is 6.20 Å². The van der Waals surface area contributed by atoms with E-state index in [0.29, 0.717) is 5.69 Å². The van der Waals surface area contributed by atoms with Crippen LogP contribution in [0.5, 0.6) is 11.5 Å². The Labute approximate surface area is 144 Å². The number of ether oxygens (including phenoxy) is 2. The Hall–Kier alpha value is -3.10. The molecule has 0 unspecified atom stereocenters. The molecule has 0 saturated carbocycles. The highest BCUT2D eigenvalue weighted by Crippen LogP contribution is 2.34. The molecule has 0 saturated heterocycles. The van der Waals surface area contributed by atoms with Crippen molar-refractivity contribution in [2.45, 2.75) is 26.3 Å². The Bertz CT molecular complexity index is 785.